The van der Waals surface area contributed by atoms with Crippen molar-refractivity contribution >= 4 is 23.4 Å². The maximum absolute atomic E-state index is 12.0. The number of benzene rings is 2. The highest BCUT2D eigenvalue weighted by atomic mass is 16.6. The topological polar surface area (TPSA) is 90.1 Å². The van der Waals surface area contributed by atoms with Gasteiger partial charge in [0, 0.05) is 24.4 Å². The molecule has 1 N–H and O–H groups in total. The van der Waals surface area contributed by atoms with E-state index in [2.05, 4.69) is 10.4 Å². The summed E-state index contributed by atoms with van der Waals surface area (Å²) in [6.07, 6.45) is 6.18. The summed E-state index contributed by atoms with van der Waals surface area (Å²) in [6.45, 7) is 2.65. The number of non-ortho nitro benzene ring substituents is 1. The largest absolute Gasteiger partial charge is 0.320 e. The Morgan fingerprint density at radius 3 is 2.78 bits per heavy atom. The van der Waals surface area contributed by atoms with Crippen LogP contribution in [0.4, 0.5) is 11.4 Å². The summed E-state index contributed by atoms with van der Waals surface area (Å²) in [4.78, 5) is 22.3. The molecule has 0 radical (unpaired) electrons. The molecule has 0 unspecified atom stereocenters. The number of nitrogens with zero attached hydrogens (tertiary/aromatic N) is 3. The maximum Gasteiger partial charge on any atom is 0.270 e. The van der Waals surface area contributed by atoms with Crippen molar-refractivity contribution in [2.24, 2.45) is 0 Å². The highest BCUT2D eigenvalue weighted by Crippen LogP contribution is 2.14. The van der Waals surface area contributed by atoms with Crippen LogP contribution in [-0.4, -0.2) is 20.6 Å². The van der Waals surface area contributed by atoms with Gasteiger partial charge in [0.05, 0.1) is 23.4 Å². The minimum absolute atomic E-state index is 0.0186. The minimum Gasteiger partial charge on any atom is -0.320 e. The number of carbonyl (C=O) groups is 1. The lowest BCUT2D eigenvalue weighted by molar-refractivity contribution is -0.384. The van der Waals surface area contributed by atoms with E-state index in [0.717, 1.165) is 5.56 Å². The molecule has 0 aliphatic carbocycles. The van der Waals surface area contributed by atoms with E-state index in [1.807, 2.05) is 31.2 Å². The first-order chi connectivity index (χ1) is 13.0. The van der Waals surface area contributed by atoms with Gasteiger partial charge in [0.15, 0.2) is 0 Å². The lowest BCUT2D eigenvalue weighted by Crippen LogP contribution is -2.07. The molecule has 0 bridgehead atoms. The van der Waals surface area contributed by atoms with E-state index in [1.54, 1.807) is 29.2 Å². The summed E-state index contributed by atoms with van der Waals surface area (Å²) in [5.74, 6) is -0.337. The molecule has 27 heavy (non-hydrogen) atoms. The van der Waals surface area contributed by atoms with Crippen LogP contribution in [0.1, 0.15) is 16.7 Å². The monoisotopic (exact) mass is 362 g/mol. The van der Waals surface area contributed by atoms with Gasteiger partial charge in [0.1, 0.15) is 0 Å². The lowest BCUT2D eigenvalue weighted by atomic mass is 10.1. The Hall–Kier alpha value is -3.74. The van der Waals surface area contributed by atoms with Gasteiger partial charge in [-0.2, -0.15) is 5.10 Å². The zero-order valence-electron chi connectivity index (χ0n) is 14.7. The summed E-state index contributed by atoms with van der Waals surface area (Å²) < 4.78 is 1.74. The zero-order chi connectivity index (χ0) is 19.2. The second-order valence-corrected chi connectivity index (χ2v) is 6.09. The molecular weight excluding hydrogens is 344 g/mol. The summed E-state index contributed by atoms with van der Waals surface area (Å²) in [5.41, 5.74) is 3.45. The predicted molar refractivity (Wildman–Crippen MR) is 103 cm³/mol. The third kappa shape index (κ3) is 5.12. The van der Waals surface area contributed by atoms with E-state index in [4.69, 9.17) is 0 Å². The van der Waals surface area contributed by atoms with Crippen LogP contribution in [0, 0.1) is 17.0 Å². The quantitative estimate of drug-likeness (QED) is 0.410. The van der Waals surface area contributed by atoms with Crippen LogP contribution in [0.2, 0.25) is 0 Å². The van der Waals surface area contributed by atoms with Crippen LogP contribution >= 0.6 is 0 Å². The number of aromatic nitrogens is 2. The van der Waals surface area contributed by atoms with Crippen molar-refractivity contribution in [2.45, 2.75) is 13.5 Å². The number of carbonyl (C=O) groups excluding carboxylic acids is 1. The molecule has 1 aromatic heterocycles. The number of amides is 1. The van der Waals surface area contributed by atoms with Crippen LogP contribution in [0.5, 0.6) is 0 Å². The molecular formula is C20H18N4O3. The van der Waals surface area contributed by atoms with Gasteiger partial charge >= 0.3 is 0 Å². The number of nitro groups is 1. The van der Waals surface area contributed by atoms with Gasteiger partial charge in [-0.25, -0.2) is 0 Å². The molecule has 0 aliphatic rings. The molecule has 0 saturated heterocycles. The molecule has 1 amide bonds. The fourth-order valence-electron chi connectivity index (χ4n) is 2.49. The Labute approximate surface area is 156 Å². The Morgan fingerprint density at radius 1 is 1.26 bits per heavy atom. The second kappa shape index (κ2) is 8.09. The molecule has 136 valence electrons. The first-order valence-electron chi connectivity index (χ1n) is 8.31. The van der Waals surface area contributed by atoms with Crippen molar-refractivity contribution in [3.63, 3.8) is 0 Å². The van der Waals surface area contributed by atoms with E-state index < -0.39 is 4.92 Å². The van der Waals surface area contributed by atoms with Crippen molar-refractivity contribution < 1.29 is 9.72 Å². The van der Waals surface area contributed by atoms with Crippen molar-refractivity contribution in [3.05, 3.63) is 93.8 Å². The molecule has 3 aromatic rings. The molecule has 7 nitrogen and oxygen atoms in total. The van der Waals surface area contributed by atoms with Gasteiger partial charge in [-0.1, -0.05) is 42.0 Å². The molecule has 0 spiro atoms. The SMILES string of the molecule is Cc1ccc(Cn2cc(NC(=O)/C=C/c3cccc([N+](=O)[O-])c3)cn2)cc1. The summed E-state index contributed by atoms with van der Waals surface area (Å²) in [7, 11) is 0. The molecule has 0 fully saturated rings. The van der Waals surface area contributed by atoms with Crippen LogP contribution in [0.15, 0.2) is 67.0 Å². The molecule has 7 heteroatoms. The van der Waals surface area contributed by atoms with Gasteiger partial charge in [-0.15, -0.1) is 0 Å². The second-order valence-electron chi connectivity index (χ2n) is 6.09. The Bertz CT molecular complexity index is 990. The molecule has 3 rings (SSSR count). The minimum atomic E-state index is -0.472. The number of nitrogens with one attached hydrogen (secondary N) is 1. The van der Waals surface area contributed by atoms with Crippen LogP contribution in [-0.2, 0) is 11.3 Å². The number of hydrogen-bond donors (Lipinski definition) is 1. The van der Waals surface area contributed by atoms with Gasteiger partial charge in [0.25, 0.3) is 5.69 Å². The summed E-state index contributed by atoms with van der Waals surface area (Å²) in [6, 6.07) is 14.2. The van der Waals surface area contributed by atoms with E-state index in [0.29, 0.717) is 17.8 Å². The normalized spacial score (nSPS) is 10.9. The van der Waals surface area contributed by atoms with Crippen LogP contribution in [0.25, 0.3) is 6.08 Å². The standard InChI is InChI=1S/C20H18N4O3/c1-15-5-7-17(8-6-15)13-23-14-18(12-21-23)22-20(25)10-9-16-3-2-4-19(11-16)24(26)27/h2-12,14H,13H2,1H3,(H,22,25)/b10-9+. The Morgan fingerprint density at radius 2 is 2.04 bits per heavy atom. The lowest BCUT2D eigenvalue weighted by Gasteiger charge is -2.02. The summed E-state index contributed by atoms with van der Waals surface area (Å²) in [5, 5.41) is 17.7. The number of hydrogen-bond acceptors (Lipinski definition) is 4. The van der Waals surface area contributed by atoms with Crippen molar-refractivity contribution in [1.29, 1.82) is 0 Å². The Balaban J connectivity index is 1.59. The van der Waals surface area contributed by atoms with Gasteiger partial charge in [-0.05, 0) is 24.1 Å². The van der Waals surface area contributed by atoms with Crippen LogP contribution < -0.4 is 5.32 Å². The zero-order valence-corrected chi connectivity index (χ0v) is 14.7. The third-order valence-electron chi connectivity index (χ3n) is 3.87. The highest BCUT2D eigenvalue weighted by molar-refractivity contribution is 6.01. The number of anilines is 1. The predicted octanol–water partition coefficient (Wildman–Crippen LogP) is 3.80. The maximum atomic E-state index is 12.0. The van der Waals surface area contributed by atoms with Crippen molar-refractivity contribution in [3.8, 4) is 0 Å². The average Bonchev–Trinajstić information content (AvgIpc) is 3.09. The van der Waals surface area contributed by atoms with Crippen molar-refractivity contribution in [1.82, 2.24) is 9.78 Å². The van der Waals surface area contributed by atoms with Gasteiger partial charge < -0.3 is 5.32 Å². The molecule has 0 saturated carbocycles. The average molecular weight is 362 g/mol. The fraction of sp³-hybridized carbons (Fsp3) is 0.100. The smallest absolute Gasteiger partial charge is 0.270 e. The van der Waals surface area contributed by atoms with E-state index in [1.165, 1.54) is 29.8 Å². The summed E-state index contributed by atoms with van der Waals surface area (Å²) >= 11 is 0. The van der Waals surface area contributed by atoms with E-state index in [9.17, 15) is 14.9 Å². The molecule has 0 atom stereocenters. The van der Waals surface area contributed by atoms with Gasteiger partial charge in [-0.3, -0.25) is 19.6 Å². The number of aryl methyl sites for hydroxylation is 1. The first kappa shape index (κ1) is 18.1. The first-order valence-corrected chi connectivity index (χ1v) is 8.31. The van der Waals surface area contributed by atoms with E-state index in [-0.39, 0.29) is 11.6 Å². The van der Waals surface area contributed by atoms with Gasteiger partial charge in [0.2, 0.25) is 5.91 Å². The van der Waals surface area contributed by atoms with E-state index >= 15 is 0 Å². The third-order valence-corrected chi connectivity index (χ3v) is 3.87. The molecule has 2 aromatic carbocycles. The number of nitro benzene ring substituents is 1. The number of rotatable bonds is 6. The Kier molecular flexibility index (Phi) is 5.41. The molecule has 1 heterocycles. The molecule has 0 aliphatic heterocycles. The van der Waals surface area contributed by atoms with Crippen LogP contribution in [0.3, 0.4) is 0 Å². The fourth-order valence-corrected chi connectivity index (χ4v) is 2.49. The highest BCUT2D eigenvalue weighted by Gasteiger charge is 2.05. The van der Waals surface area contributed by atoms with Crippen molar-refractivity contribution in [2.75, 3.05) is 5.32 Å².